The van der Waals surface area contributed by atoms with Gasteiger partial charge in [-0.25, -0.2) is 4.98 Å². The van der Waals surface area contributed by atoms with Crippen molar-refractivity contribution in [2.45, 2.75) is 0 Å². The molecule has 1 aromatic heterocycles. The van der Waals surface area contributed by atoms with E-state index in [0.29, 0.717) is 5.01 Å². The number of hydrogen-bond donors (Lipinski definition) is 1. The first-order chi connectivity index (χ1) is 6.25. The number of benzene rings is 1. The molecule has 0 amide bonds. The van der Waals surface area contributed by atoms with Crippen LogP contribution in [0.5, 0.6) is 5.75 Å². The molecule has 0 aliphatic heterocycles. The molecule has 2 rings (SSSR count). The average molecular weight is 195 g/mol. The Kier molecular flexibility index (Phi) is 1.98. The Bertz CT molecular complexity index is 427. The van der Waals surface area contributed by atoms with Gasteiger partial charge in [0.05, 0.1) is 6.20 Å². The van der Waals surface area contributed by atoms with Crippen LogP contribution in [0, 0.1) is 5.13 Å². The summed E-state index contributed by atoms with van der Waals surface area (Å²) in [5.41, 5.74) is 0.730. The first-order valence-electron chi connectivity index (χ1n) is 3.66. The van der Waals surface area contributed by atoms with E-state index in [9.17, 15) is 4.39 Å². The summed E-state index contributed by atoms with van der Waals surface area (Å²) in [5, 5.41) is 9.42. The van der Waals surface area contributed by atoms with Crippen LogP contribution in [0.2, 0.25) is 0 Å². The van der Waals surface area contributed by atoms with Crippen LogP contribution in [0.1, 0.15) is 0 Å². The maximum Gasteiger partial charge on any atom is 0.196 e. The molecule has 0 fully saturated rings. The molecule has 0 unspecified atom stereocenters. The van der Waals surface area contributed by atoms with Crippen LogP contribution in [0.3, 0.4) is 0 Å². The summed E-state index contributed by atoms with van der Waals surface area (Å²) in [4.78, 5) is 3.86. The summed E-state index contributed by atoms with van der Waals surface area (Å²) >= 11 is 0.961. The predicted molar refractivity (Wildman–Crippen MR) is 49.2 cm³/mol. The maximum atomic E-state index is 12.6. The first-order valence-corrected chi connectivity index (χ1v) is 4.48. The second-order valence-electron chi connectivity index (χ2n) is 2.52. The largest absolute Gasteiger partial charge is 0.508 e. The van der Waals surface area contributed by atoms with E-state index in [1.807, 2.05) is 0 Å². The third-order valence-corrected chi connectivity index (χ3v) is 2.41. The molecule has 2 aromatic rings. The van der Waals surface area contributed by atoms with E-state index >= 15 is 0 Å². The number of nitrogens with zero attached hydrogens (tertiary/aromatic N) is 1. The van der Waals surface area contributed by atoms with Crippen LogP contribution in [0.4, 0.5) is 4.39 Å². The molecule has 0 aliphatic rings. The number of halogens is 1. The zero-order valence-electron chi connectivity index (χ0n) is 6.57. The number of aromatic hydroxyl groups is 1. The Morgan fingerprint density at radius 1 is 1.38 bits per heavy atom. The molecule has 0 radical (unpaired) electrons. The van der Waals surface area contributed by atoms with Gasteiger partial charge in [0.1, 0.15) is 10.8 Å². The molecule has 4 heteroatoms. The lowest BCUT2D eigenvalue weighted by Gasteiger charge is -1.95. The SMILES string of the molecule is Oc1cccc(-c2ncc(F)s2)c1. The minimum atomic E-state index is -0.321. The zero-order chi connectivity index (χ0) is 9.26. The summed E-state index contributed by atoms with van der Waals surface area (Å²) < 4.78 is 12.6. The number of phenols is 1. The molecule has 2 nitrogen and oxygen atoms in total. The van der Waals surface area contributed by atoms with Gasteiger partial charge in [0.2, 0.25) is 0 Å². The van der Waals surface area contributed by atoms with Crippen molar-refractivity contribution < 1.29 is 9.50 Å². The van der Waals surface area contributed by atoms with Crippen molar-refractivity contribution in [2.75, 3.05) is 0 Å². The summed E-state index contributed by atoms with van der Waals surface area (Å²) in [6, 6.07) is 6.59. The predicted octanol–water partition coefficient (Wildman–Crippen LogP) is 2.65. The zero-order valence-corrected chi connectivity index (χ0v) is 7.38. The van der Waals surface area contributed by atoms with Gasteiger partial charge in [-0.1, -0.05) is 23.5 Å². The van der Waals surface area contributed by atoms with Crippen LogP contribution in [-0.2, 0) is 0 Å². The van der Waals surface area contributed by atoms with Crippen molar-refractivity contribution in [3.8, 4) is 16.3 Å². The van der Waals surface area contributed by atoms with Crippen LogP contribution < -0.4 is 0 Å². The summed E-state index contributed by atoms with van der Waals surface area (Å²) in [5.74, 6) is 0.160. The molecular weight excluding hydrogens is 189 g/mol. The standard InChI is InChI=1S/C9H6FNOS/c10-8-5-11-9(13-8)6-2-1-3-7(12)4-6/h1-5,12H. The van der Waals surface area contributed by atoms with E-state index in [1.165, 1.54) is 6.20 Å². The molecule has 0 saturated carbocycles. The van der Waals surface area contributed by atoms with E-state index in [2.05, 4.69) is 4.98 Å². The highest BCUT2D eigenvalue weighted by molar-refractivity contribution is 7.13. The topological polar surface area (TPSA) is 33.1 Å². The Hall–Kier alpha value is -1.42. The van der Waals surface area contributed by atoms with Crippen molar-refractivity contribution in [1.29, 1.82) is 0 Å². The Balaban J connectivity index is 2.46. The van der Waals surface area contributed by atoms with Gasteiger partial charge in [0, 0.05) is 5.56 Å². The van der Waals surface area contributed by atoms with Gasteiger partial charge in [-0.3, -0.25) is 0 Å². The third-order valence-electron chi connectivity index (χ3n) is 1.57. The smallest absolute Gasteiger partial charge is 0.196 e. The molecule has 0 atom stereocenters. The van der Waals surface area contributed by atoms with Gasteiger partial charge in [-0.05, 0) is 12.1 Å². The lowest BCUT2D eigenvalue weighted by atomic mass is 10.2. The minimum absolute atomic E-state index is 0.160. The number of thiazole rings is 1. The van der Waals surface area contributed by atoms with Crippen LogP contribution in [0.15, 0.2) is 30.5 Å². The van der Waals surface area contributed by atoms with Crippen LogP contribution >= 0.6 is 11.3 Å². The lowest BCUT2D eigenvalue weighted by Crippen LogP contribution is -1.73. The molecule has 0 bridgehead atoms. The Labute approximate surface area is 78.3 Å². The highest BCUT2D eigenvalue weighted by Crippen LogP contribution is 2.26. The van der Waals surface area contributed by atoms with Gasteiger partial charge in [0.25, 0.3) is 0 Å². The van der Waals surface area contributed by atoms with Crippen LogP contribution in [0.25, 0.3) is 10.6 Å². The molecule has 66 valence electrons. The fourth-order valence-electron chi connectivity index (χ4n) is 1.03. The van der Waals surface area contributed by atoms with E-state index in [1.54, 1.807) is 24.3 Å². The van der Waals surface area contributed by atoms with Crippen molar-refractivity contribution in [2.24, 2.45) is 0 Å². The second kappa shape index (κ2) is 3.14. The van der Waals surface area contributed by atoms with E-state index in [4.69, 9.17) is 5.11 Å². The van der Waals surface area contributed by atoms with Crippen molar-refractivity contribution in [3.63, 3.8) is 0 Å². The number of phenolic OH excluding ortho intramolecular Hbond substituents is 1. The number of aromatic nitrogens is 1. The Morgan fingerprint density at radius 3 is 2.85 bits per heavy atom. The fraction of sp³-hybridized carbons (Fsp3) is 0. The number of hydrogen-bond acceptors (Lipinski definition) is 3. The summed E-state index contributed by atoms with van der Waals surface area (Å²) in [6.07, 6.45) is 1.17. The van der Waals surface area contributed by atoms with E-state index < -0.39 is 0 Å². The monoisotopic (exact) mass is 195 g/mol. The second-order valence-corrected chi connectivity index (χ2v) is 3.50. The highest BCUT2D eigenvalue weighted by atomic mass is 32.1. The van der Waals surface area contributed by atoms with Gasteiger partial charge < -0.3 is 5.11 Å². The molecular formula is C9H6FNOS. The normalized spacial score (nSPS) is 10.2. The summed E-state index contributed by atoms with van der Waals surface area (Å²) in [6.45, 7) is 0. The van der Waals surface area contributed by atoms with Crippen molar-refractivity contribution >= 4 is 11.3 Å². The average Bonchev–Trinajstić information content (AvgIpc) is 2.52. The lowest BCUT2D eigenvalue weighted by molar-refractivity contribution is 0.475. The molecule has 1 aromatic carbocycles. The molecule has 13 heavy (non-hydrogen) atoms. The molecule has 0 aliphatic carbocycles. The number of rotatable bonds is 1. The molecule has 1 N–H and O–H groups in total. The third kappa shape index (κ3) is 1.67. The minimum Gasteiger partial charge on any atom is -0.508 e. The maximum absolute atomic E-state index is 12.6. The molecule has 0 saturated heterocycles. The van der Waals surface area contributed by atoms with Gasteiger partial charge in [-0.15, -0.1) is 0 Å². The quantitative estimate of drug-likeness (QED) is 0.758. The molecule has 0 spiro atoms. The van der Waals surface area contributed by atoms with E-state index in [0.717, 1.165) is 16.9 Å². The molecule has 1 heterocycles. The van der Waals surface area contributed by atoms with Gasteiger partial charge >= 0.3 is 0 Å². The highest BCUT2D eigenvalue weighted by Gasteiger charge is 2.03. The fourth-order valence-corrected chi connectivity index (χ4v) is 1.67. The van der Waals surface area contributed by atoms with E-state index in [-0.39, 0.29) is 10.9 Å². The van der Waals surface area contributed by atoms with Gasteiger partial charge in [-0.2, -0.15) is 4.39 Å². The van der Waals surface area contributed by atoms with Crippen molar-refractivity contribution in [3.05, 3.63) is 35.6 Å². The van der Waals surface area contributed by atoms with Crippen molar-refractivity contribution in [1.82, 2.24) is 4.98 Å². The Morgan fingerprint density at radius 2 is 2.23 bits per heavy atom. The van der Waals surface area contributed by atoms with Crippen LogP contribution in [-0.4, -0.2) is 10.1 Å². The summed E-state index contributed by atoms with van der Waals surface area (Å²) in [7, 11) is 0. The first kappa shape index (κ1) is 8.19. The van der Waals surface area contributed by atoms with Gasteiger partial charge in [0.15, 0.2) is 5.13 Å².